The molecule has 1 aromatic rings. The van der Waals surface area contributed by atoms with E-state index in [2.05, 4.69) is 37.3 Å². The van der Waals surface area contributed by atoms with Gasteiger partial charge < -0.3 is 4.74 Å². The van der Waals surface area contributed by atoms with E-state index in [-0.39, 0.29) is 6.04 Å². The number of nitrogens with zero attached hydrogens (tertiary/aromatic N) is 3. The molecule has 3 rings (SSSR count). The zero-order valence-corrected chi connectivity index (χ0v) is 13.9. The van der Waals surface area contributed by atoms with E-state index in [4.69, 9.17) is 4.74 Å². The molecule has 0 spiro atoms. The number of amidine groups is 1. The second-order valence-electron chi connectivity index (χ2n) is 4.63. The summed E-state index contributed by atoms with van der Waals surface area (Å²) in [5.74, 6) is 1.51. The minimum Gasteiger partial charge on any atom is -0.450 e. The molecule has 1 N–H and O–H groups in total. The van der Waals surface area contributed by atoms with E-state index in [9.17, 15) is 4.79 Å². The molecule has 0 fully saturated rings. The number of halogens is 1. The molecule has 1 atom stereocenters. The Morgan fingerprint density at radius 3 is 3.24 bits per heavy atom. The van der Waals surface area contributed by atoms with Crippen LogP contribution in [0.3, 0.4) is 0 Å². The van der Waals surface area contributed by atoms with Crippen molar-refractivity contribution in [2.75, 3.05) is 19.7 Å². The number of nitrogens with one attached hydrogen (secondary N) is 1. The van der Waals surface area contributed by atoms with Gasteiger partial charge in [-0.25, -0.2) is 9.79 Å². The summed E-state index contributed by atoms with van der Waals surface area (Å²) in [5.41, 5.74) is 0. The Kier molecular flexibility index (Phi) is 4.25. The summed E-state index contributed by atoms with van der Waals surface area (Å²) in [6.07, 6.45) is 0.288. The molecule has 0 aromatic carbocycles. The molecule has 1 amide bonds. The van der Waals surface area contributed by atoms with Crippen molar-refractivity contribution in [3.63, 3.8) is 0 Å². The minimum atomic E-state index is -0.476. The van der Waals surface area contributed by atoms with E-state index in [1.165, 1.54) is 0 Å². The van der Waals surface area contributed by atoms with Gasteiger partial charge in [0.1, 0.15) is 5.84 Å². The number of carbonyl (C=O) groups is 1. The number of rotatable bonds is 2. The lowest BCUT2D eigenvalue weighted by molar-refractivity contribution is 0.157. The lowest BCUT2D eigenvalue weighted by atomic mass is 10.1. The highest BCUT2D eigenvalue weighted by molar-refractivity contribution is 9.10. The highest BCUT2D eigenvalue weighted by atomic mass is 79.9. The van der Waals surface area contributed by atoms with Crippen molar-refractivity contribution in [3.05, 3.63) is 20.8 Å². The summed E-state index contributed by atoms with van der Waals surface area (Å²) in [4.78, 5) is 23.9. The fourth-order valence-electron chi connectivity index (χ4n) is 2.36. The Morgan fingerprint density at radius 2 is 2.52 bits per heavy atom. The fraction of sp³-hybridized carbons (Fsp3) is 0.462. The van der Waals surface area contributed by atoms with Crippen LogP contribution in [-0.4, -0.2) is 42.5 Å². The second-order valence-corrected chi connectivity index (χ2v) is 6.49. The quantitative estimate of drug-likeness (QED) is 0.870. The number of aliphatic imine (C=N–C) groups is 2. The first-order valence-corrected chi connectivity index (χ1v) is 8.41. The van der Waals surface area contributed by atoms with Crippen molar-refractivity contribution in [1.29, 1.82) is 0 Å². The largest absolute Gasteiger partial charge is 0.450 e. The first-order valence-electron chi connectivity index (χ1n) is 6.73. The minimum absolute atomic E-state index is 0.00803. The monoisotopic (exact) mass is 370 g/mol. The van der Waals surface area contributed by atoms with Crippen molar-refractivity contribution < 1.29 is 9.53 Å². The van der Waals surface area contributed by atoms with Crippen molar-refractivity contribution >= 4 is 45.2 Å². The summed E-state index contributed by atoms with van der Waals surface area (Å²) in [6.45, 7) is 3.60. The summed E-state index contributed by atoms with van der Waals surface area (Å²) >= 11 is 5.11. The number of carbonyl (C=O) groups excluding carboxylic acids is 1. The third kappa shape index (κ3) is 3.11. The molecule has 6 nitrogen and oxygen atoms in total. The Hall–Kier alpha value is -1.41. The van der Waals surface area contributed by atoms with Crippen LogP contribution < -0.4 is 5.32 Å². The van der Waals surface area contributed by atoms with Crippen LogP contribution in [0.15, 0.2) is 25.9 Å². The van der Waals surface area contributed by atoms with Crippen molar-refractivity contribution in [2.45, 2.75) is 19.4 Å². The van der Waals surface area contributed by atoms with E-state index >= 15 is 0 Å². The predicted molar refractivity (Wildman–Crippen MR) is 86.0 cm³/mol. The molecule has 1 unspecified atom stereocenters. The number of thiophene rings is 1. The maximum atomic E-state index is 11.7. The van der Waals surface area contributed by atoms with E-state index < -0.39 is 6.09 Å². The molecule has 8 heteroatoms. The van der Waals surface area contributed by atoms with Gasteiger partial charge in [-0.1, -0.05) is 0 Å². The summed E-state index contributed by atoms with van der Waals surface area (Å²) in [6, 6.07) is 2.05. The Bertz CT molecular complexity index is 613. The Morgan fingerprint density at radius 1 is 1.67 bits per heavy atom. The molecule has 0 radical (unpaired) electrons. The van der Waals surface area contributed by atoms with Gasteiger partial charge in [-0.15, -0.1) is 11.3 Å². The predicted octanol–water partition coefficient (Wildman–Crippen LogP) is 2.77. The number of guanidine groups is 1. The first-order chi connectivity index (χ1) is 10.2. The van der Waals surface area contributed by atoms with Gasteiger partial charge in [-0.2, -0.15) is 0 Å². The third-order valence-corrected chi connectivity index (χ3v) is 5.04. The number of ether oxygens (including phenoxy) is 1. The van der Waals surface area contributed by atoms with E-state index in [0.717, 1.165) is 34.7 Å². The highest BCUT2D eigenvalue weighted by Gasteiger charge is 2.32. The van der Waals surface area contributed by atoms with Gasteiger partial charge in [0, 0.05) is 27.7 Å². The molecule has 0 saturated heterocycles. The normalized spacial score (nSPS) is 20.7. The molecule has 2 aliphatic rings. The summed E-state index contributed by atoms with van der Waals surface area (Å²) < 4.78 is 5.99. The number of fused-ring (bicyclic) bond motifs is 1. The zero-order valence-electron chi connectivity index (χ0n) is 11.5. The second kappa shape index (κ2) is 6.15. The van der Waals surface area contributed by atoms with Crippen molar-refractivity contribution in [3.8, 4) is 0 Å². The van der Waals surface area contributed by atoms with Crippen LogP contribution in [0.5, 0.6) is 0 Å². The van der Waals surface area contributed by atoms with Crippen LogP contribution in [0.1, 0.15) is 24.3 Å². The number of hydrogen-bond donors (Lipinski definition) is 1. The van der Waals surface area contributed by atoms with Crippen molar-refractivity contribution in [1.82, 2.24) is 10.2 Å². The fourth-order valence-corrected chi connectivity index (χ4v) is 3.84. The summed E-state index contributed by atoms with van der Waals surface area (Å²) in [7, 11) is 0. The van der Waals surface area contributed by atoms with Crippen LogP contribution in [0.25, 0.3) is 0 Å². The van der Waals surface area contributed by atoms with Crippen LogP contribution in [-0.2, 0) is 4.74 Å². The molecular weight excluding hydrogens is 356 g/mol. The van der Waals surface area contributed by atoms with Gasteiger partial charge in [0.25, 0.3) is 0 Å². The zero-order chi connectivity index (χ0) is 14.8. The van der Waals surface area contributed by atoms with Crippen LogP contribution >= 0.6 is 27.3 Å². The van der Waals surface area contributed by atoms with Gasteiger partial charge >= 0.3 is 6.09 Å². The van der Waals surface area contributed by atoms with Crippen LogP contribution in [0.2, 0.25) is 0 Å². The Balaban J connectivity index is 1.85. The molecule has 0 bridgehead atoms. The van der Waals surface area contributed by atoms with Gasteiger partial charge in [0.15, 0.2) is 0 Å². The molecule has 2 aliphatic heterocycles. The molecule has 21 heavy (non-hydrogen) atoms. The number of alkyl carbamates (subject to hydrolysis) is 1. The SMILES string of the molecule is CCOC(=O)NC1=NC(c2cc(Br)cs2)CC2=NCCN21. The number of amides is 1. The van der Waals surface area contributed by atoms with Gasteiger partial charge in [-0.05, 0) is 28.9 Å². The molecule has 1 aromatic heterocycles. The van der Waals surface area contributed by atoms with E-state index in [1.54, 1.807) is 18.3 Å². The van der Waals surface area contributed by atoms with Crippen molar-refractivity contribution in [2.24, 2.45) is 9.98 Å². The molecule has 0 saturated carbocycles. The Labute approximate surface area is 135 Å². The molecular formula is C13H15BrN4O2S. The molecule has 0 aliphatic carbocycles. The molecule has 112 valence electrons. The maximum Gasteiger partial charge on any atom is 0.413 e. The lowest BCUT2D eigenvalue weighted by Crippen LogP contribution is -2.48. The average molecular weight is 371 g/mol. The van der Waals surface area contributed by atoms with E-state index in [1.807, 2.05) is 10.3 Å². The van der Waals surface area contributed by atoms with Gasteiger partial charge in [-0.3, -0.25) is 15.2 Å². The average Bonchev–Trinajstić information content (AvgIpc) is 3.07. The summed E-state index contributed by atoms with van der Waals surface area (Å²) in [5, 5.41) is 4.76. The maximum absolute atomic E-state index is 11.7. The topological polar surface area (TPSA) is 66.3 Å². The first kappa shape index (κ1) is 14.5. The highest BCUT2D eigenvalue weighted by Crippen LogP contribution is 2.33. The lowest BCUT2D eigenvalue weighted by Gasteiger charge is -2.29. The third-order valence-electron chi connectivity index (χ3n) is 3.24. The van der Waals surface area contributed by atoms with Gasteiger partial charge in [0.05, 0.1) is 19.2 Å². The molecule has 3 heterocycles. The van der Waals surface area contributed by atoms with Crippen LogP contribution in [0, 0.1) is 0 Å². The van der Waals surface area contributed by atoms with Crippen LogP contribution in [0.4, 0.5) is 4.79 Å². The van der Waals surface area contributed by atoms with Gasteiger partial charge in [0.2, 0.25) is 5.96 Å². The standard InChI is InChI=1S/C13H15BrN4O2S/c1-2-20-13(19)17-12-16-9(10-5-8(14)7-21-10)6-11-15-3-4-18(11)12/h5,7,9H,2-4,6H2,1H3,(H,16,17,19). The smallest absolute Gasteiger partial charge is 0.413 e. The van der Waals surface area contributed by atoms with E-state index in [0.29, 0.717) is 12.6 Å². The number of hydrogen-bond acceptors (Lipinski definition) is 6.